The van der Waals surface area contributed by atoms with E-state index >= 15 is 0 Å². The van der Waals surface area contributed by atoms with Crippen LogP contribution in [-0.2, 0) is 0 Å². The van der Waals surface area contributed by atoms with Gasteiger partial charge in [0, 0.05) is 24.2 Å². The number of nitrogens with zero attached hydrogens (tertiary/aromatic N) is 5. The van der Waals surface area contributed by atoms with Crippen LogP contribution in [-0.4, -0.2) is 30.1 Å². The van der Waals surface area contributed by atoms with E-state index in [1.54, 1.807) is 22.7 Å². The molecule has 0 aliphatic heterocycles. The van der Waals surface area contributed by atoms with Crippen LogP contribution in [0.4, 0.5) is 5.95 Å². The highest BCUT2D eigenvalue weighted by molar-refractivity contribution is 5.98. The second kappa shape index (κ2) is 3.66. The summed E-state index contributed by atoms with van der Waals surface area (Å²) in [4.78, 5) is 16.0. The highest BCUT2D eigenvalue weighted by atomic mass is 16.2. The molecule has 0 aliphatic carbocycles. The molecule has 7 nitrogen and oxygen atoms in total. The summed E-state index contributed by atoms with van der Waals surface area (Å²) in [6.07, 6.45) is 4.76. The Labute approximate surface area is 102 Å². The summed E-state index contributed by atoms with van der Waals surface area (Å²) >= 11 is 0. The molecule has 18 heavy (non-hydrogen) atoms. The number of fused-ring (bicyclic) bond motifs is 1. The summed E-state index contributed by atoms with van der Waals surface area (Å²) in [6.45, 7) is 1.84. The largest absolute Gasteiger partial charge is 0.369 e. The van der Waals surface area contributed by atoms with Crippen molar-refractivity contribution in [3.8, 4) is 0 Å². The monoisotopic (exact) mass is 242 g/mol. The van der Waals surface area contributed by atoms with Crippen LogP contribution in [0.1, 0.15) is 16.2 Å². The normalized spacial score (nSPS) is 10.9. The molecule has 90 valence electrons. The quantitative estimate of drug-likeness (QED) is 0.671. The number of rotatable bonds is 1. The Balaban J connectivity index is 2.10. The average molecular weight is 242 g/mol. The molecule has 3 aromatic rings. The first-order chi connectivity index (χ1) is 8.66. The van der Waals surface area contributed by atoms with Gasteiger partial charge in [0.2, 0.25) is 5.95 Å². The van der Waals surface area contributed by atoms with Crippen molar-refractivity contribution in [3.63, 3.8) is 0 Å². The van der Waals surface area contributed by atoms with Crippen LogP contribution in [0.5, 0.6) is 0 Å². The minimum atomic E-state index is -0.242. The summed E-state index contributed by atoms with van der Waals surface area (Å²) in [7, 11) is 0. The Bertz CT molecular complexity index is 741. The van der Waals surface area contributed by atoms with Crippen LogP contribution < -0.4 is 5.73 Å². The van der Waals surface area contributed by atoms with E-state index in [0.717, 1.165) is 5.82 Å². The number of nitrogen functional groups attached to an aromatic ring is 1. The Morgan fingerprint density at radius 3 is 2.89 bits per heavy atom. The number of hydrogen-bond acceptors (Lipinski definition) is 5. The van der Waals surface area contributed by atoms with E-state index in [4.69, 9.17) is 5.73 Å². The molecule has 7 heteroatoms. The average Bonchev–Trinajstić information content (AvgIpc) is 2.95. The minimum Gasteiger partial charge on any atom is -0.369 e. The molecule has 3 rings (SSSR count). The third kappa shape index (κ3) is 1.45. The van der Waals surface area contributed by atoms with E-state index in [1.165, 1.54) is 17.0 Å². The minimum absolute atomic E-state index is 0.164. The molecular weight excluding hydrogens is 232 g/mol. The highest BCUT2D eigenvalue weighted by Gasteiger charge is 2.12. The Morgan fingerprint density at radius 1 is 1.33 bits per heavy atom. The first-order valence-electron chi connectivity index (χ1n) is 5.32. The number of pyridine rings is 1. The Morgan fingerprint density at radius 2 is 2.17 bits per heavy atom. The molecule has 0 saturated carbocycles. The Hall–Kier alpha value is -2.70. The molecule has 0 unspecified atom stereocenters. The van der Waals surface area contributed by atoms with Gasteiger partial charge in [0.15, 0.2) is 5.65 Å². The second-order valence-electron chi connectivity index (χ2n) is 3.85. The second-order valence-corrected chi connectivity index (χ2v) is 3.85. The smallest absolute Gasteiger partial charge is 0.264 e. The van der Waals surface area contributed by atoms with E-state index in [1.807, 2.05) is 6.92 Å². The standard InChI is InChI=1S/C11H10N6O/c1-7-14-15-9-6-8(2-4-16(7)9)10(18)17-5-3-13-11(17)12/h2-6H,1H3,(H2,12,13). The van der Waals surface area contributed by atoms with E-state index in [0.29, 0.717) is 11.2 Å². The predicted octanol–water partition coefficient (Wildman–Crippen LogP) is 0.505. The van der Waals surface area contributed by atoms with Gasteiger partial charge in [0.05, 0.1) is 0 Å². The number of imidazole rings is 1. The fourth-order valence-electron chi connectivity index (χ4n) is 1.77. The van der Waals surface area contributed by atoms with Gasteiger partial charge in [0.1, 0.15) is 5.82 Å². The molecular formula is C11H10N6O. The fraction of sp³-hybridized carbons (Fsp3) is 0.0909. The van der Waals surface area contributed by atoms with Crippen molar-refractivity contribution in [1.82, 2.24) is 24.1 Å². The maximum atomic E-state index is 12.2. The highest BCUT2D eigenvalue weighted by Crippen LogP contribution is 2.10. The summed E-state index contributed by atoms with van der Waals surface area (Å²) < 4.78 is 3.09. The van der Waals surface area contributed by atoms with Gasteiger partial charge < -0.3 is 5.73 Å². The van der Waals surface area contributed by atoms with Crippen molar-refractivity contribution < 1.29 is 4.79 Å². The lowest BCUT2D eigenvalue weighted by molar-refractivity contribution is 0.0962. The molecule has 3 heterocycles. The molecule has 0 radical (unpaired) electrons. The molecule has 0 atom stereocenters. The van der Waals surface area contributed by atoms with Crippen molar-refractivity contribution in [1.29, 1.82) is 0 Å². The summed E-state index contributed by atoms with van der Waals surface area (Å²) in [5.74, 6) is 0.691. The van der Waals surface area contributed by atoms with Gasteiger partial charge in [-0.1, -0.05) is 0 Å². The first-order valence-corrected chi connectivity index (χ1v) is 5.32. The summed E-state index contributed by atoms with van der Waals surface area (Å²) in [6, 6.07) is 3.37. The molecule has 0 bridgehead atoms. The van der Waals surface area contributed by atoms with Crippen LogP contribution >= 0.6 is 0 Å². The van der Waals surface area contributed by atoms with Crippen LogP contribution in [0.15, 0.2) is 30.7 Å². The molecule has 0 amide bonds. The van der Waals surface area contributed by atoms with E-state index in [2.05, 4.69) is 15.2 Å². The topological polar surface area (TPSA) is 91.1 Å². The van der Waals surface area contributed by atoms with Gasteiger partial charge in [-0.25, -0.2) is 4.98 Å². The molecule has 0 saturated heterocycles. The number of aromatic nitrogens is 5. The van der Waals surface area contributed by atoms with Crippen molar-refractivity contribution in [2.45, 2.75) is 6.92 Å². The Kier molecular flexibility index (Phi) is 2.12. The van der Waals surface area contributed by atoms with Gasteiger partial charge in [0.25, 0.3) is 5.91 Å². The van der Waals surface area contributed by atoms with Crippen LogP contribution in [0, 0.1) is 6.92 Å². The zero-order chi connectivity index (χ0) is 12.7. The lowest BCUT2D eigenvalue weighted by Crippen LogP contribution is -2.14. The number of anilines is 1. The van der Waals surface area contributed by atoms with E-state index < -0.39 is 0 Å². The number of carbonyl (C=O) groups excluding carboxylic acids is 1. The molecule has 0 aromatic carbocycles. The van der Waals surface area contributed by atoms with Crippen LogP contribution in [0.25, 0.3) is 5.65 Å². The third-order valence-corrected chi connectivity index (χ3v) is 2.72. The zero-order valence-electron chi connectivity index (χ0n) is 9.61. The lowest BCUT2D eigenvalue weighted by Gasteiger charge is -2.03. The van der Waals surface area contributed by atoms with Gasteiger partial charge in [-0.2, -0.15) is 0 Å². The van der Waals surface area contributed by atoms with Crippen molar-refractivity contribution >= 4 is 17.5 Å². The van der Waals surface area contributed by atoms with Gasteiger partial charge >= 0.3 is 0 Å². The first kappa shape index (κ1) is 10.5. The molecule has 2 N–H and O–H groups in total. The van der Waals surface area contributed by atoms with Gasteiger partial charge in [-0.05, 0) is 19.1 Å². The summed E-state index contributed by atoms with van der Waals surface area (Å²) in [5.41, 5.74) is 6.70. The van der Waals surface area contributed by atoms with Crippen molar-refractivity contribution in [2.24, 2.45) is 0 Å². The van der Waals surface area contributed by atoms with Crippen LogP contribution in [0.3, 0.4) is 0 Å². The molecule has 3 aromatic heterocycles. The zero-order valence-corrected chi connectivity index (χ0v) is 9.61. The maximum Gasteiger partial charge on any atom is 0.264 e. The SMILES string of the molecule is Cc1nnc2cc(C(=O)n3ccnc3N)ccn12. The number of hydrogen-bond donors (Lipinski definition) is 1. The fourth-order valence-corrected chi connectivity index (χ4v) is 1.77. The van der Waals surface area contributed by atoms with Crippen molar-refractivity contribution in [2.75, 3.05) is 5.73 Å². The van der Waals surface area contributed by atoms with Crippen LogP contribution in [0.2, 0.25) is 0 Å². The number of nitrogens with two attached hydrogens (primary N) is 1. The van der Waals surface area contributed by atoms with Gasteiger partial charge in [-0.3, -0.25) is 13.8 Å². The maximum absolute atomic E-state index is 12.2. The number of aryl methyl sites for hydroxylation is 1. The molecule has 0 fully saturated rings. The molecule has 0 spiro atoms. The van der Waals surface area contributed by atoms with Gasteiger partial charge in [-0.15, -0.1) is 10.2 Å². The number of carbonyl (C=O) groups is 1. The molecule has 0 aliphatic rings. The van der Waals surface area contributed by atoms with E-state index in [9.17, 15) is 4.79 Å². The van der Waals surface area contributed by atoms with E-state index in [-0.39, 0.29) is 11.9 Å². The van der Waals surface area contributed by atoms with Crippen molar-refractivity contribution in [3.05, 3.63) is 42.1 Å². The summed E-state index contributed by atoms with van der Waals surface area (Å²) in [5, 5.41) is 7.90. The third-order valence-electron chi connectivity index (χ3n) is 2.72. The predicted molar refractivity (Wildman–Crippen MR) is 64.1 cm³/mol. The lowest BCUT2D eigenvalue weighted by atomic mass is 10.2.